The van der Waals surface area contributed by atoms with Crippen molar-refractivity contribution in [2.45, 2.75) is 26.2 Å². The van der Waals surface area contributed by atoms with Crippen LogP contribution in [-0.4, -0.2) is 16.1 Å². The summed E-state index contributed by atoms with van der Waals surface area (Å²) in [6.07, 6.45) is 0.773. The minimum atomic E-state index is 0.0447. The second-order valence-corrected chi connectivity index (χ2v) is 3.95. The van der Waals surface area contributed by atoms with E-state index in [9.17, 15) is 4.79 Å². The van der Waals surface area contributed by atoms with Gasteiger partial charge in [0.25, 0.3) is 0 Å². The molecule has 12 heavy (non-hydrogen) atoms. The van der Waals surface area contributed by atoms with Gasteiger partial charge in [0.05, 0.1) is 0 Å². The molecule has 0 aliphatic heterocycles. The molecule has 0 aromatic carbocycles. The summed E-state index contributed by atoms with van der Waals surface area (Å²) in [6.45, 7) is 6.29. The van der Waals surface area contributed by atoms with E-state index in [0.29, 0.717) is 5.69 Å². The van der Waals surface area contributed by atoms with E-state index in [0.717, 1.165) is 12.0 Å². The predicted molar refractivity (Wildman–Crippen MR) is 47.3 cm³/mol. The van der Waals surface area contributed by atoms with E-state index in [1.54, 1.807) is 4.68 Å². The first kappa shape index (κ1) is 8.97. The summed E-state index contributed by atoms with van der Waals surface area (Å²) in [5.41, 5.74) is 1.62. The Balaban J connectivity index is 3.16. The van der Waals surface area contributed by atoms with E-state index < -0.39 is 0 Å². The third kappa shape index (κ3) is 1.55. The second-order valence-electron chi connectivity index (χ2n) is 3.95. The fraction of sp³-hybridized carbons (Fsp3) is 0.556. The van der Waals surface area contributed by atoms with Crippen LogP contribution in [0.4, 0.5) is 0 Å². The van der Waals surface area contributed by atoms with Gasteiger partial charge in [0.2, 0.25) is 0 Å². The van der Waals surface area contributed by atoms with Crippen LogP contribution >= 0.6 is 0 Å². The molecule has 0 saturated carbocycles. The van der Waals surface area contributed by atoms with Crippen molar-refractivity contribution in [2.75, 3.05) is 0 Å². The van der Waals surface area contributed by atoms with E-state index in [2.05, 4.69) is 25.9 Å². The number of hydrogen-bond donors (Lipinski definition) is 0. The minimum absolute atomic E-state index is 0.0447. The highest BCUT2D eigenvalue weighted by Gasteiger charge is 2.18. The Morgan fingerprint density at radius 2 is 2.08 bits per heavy atom. The van der Waals surface area contributed by atoms with Gasteiger partial charge in [0.1, 0.15) is 5.69 Å². The lowest BCUT2D eigenvalue weighted by Crippen LogP contribution is -2.16. The SMILES string of the molecule is Cn1nc(C=O)cc1C(C)(C)C. The molecule has 0 bridgehead atoms. The molecule has 0 fully saturated rings. The van der Waals surface area contributed by atoms with Crippen LogP contribution in [0.2, 0.25) is 0 Å². The average molecular weight is 166 g/mol. The van der Waals surface area contributed by atoms with Gasteiger partial charge in [-0.15, -0.1) is 0 Å². The molecule has 0 aliphatic rings. The van der Waals surface area contributed by atoms with Crippen LogP contribution in [0.25, 0.3) is 0 Å². The van der Waals surface area contributed by atoms with Crippen molar-refractivity contribution in [1.29, 1.82) is 0 Å². The number of nitrogens with zero attached hydrogens (tertiary/aromatic N) is 2. The zero-order valence-electron chi connectivity index (χ0n) is 7.96. The lowest BCUT2D eigenvalue weighted by molar-refractivity contribution is 0.111. The lowest BCUT2D eigenvalue weighted by Gasteiger charge is -2.17. The van der Waals surface area contributed by atoms with Crippen molar-refractivity contribution < 1.29 is 4.79 Å². The summed E-state index contributed by atoms with van der Waals surface area (Å²) < 4.78 is 1.75. The molecular formula is C9H14N2O. The Bertz CT molecular complexity index is 294. The molecule has 1 aromatic heterocycles. The summed E-state index contributed by atoms with van der Waals surface area (Å²) >= 11 is 0. The van der Waals surface area contributed by atoms with Gasteiger partial charge in [-0.3, -0.25) is 9.48 Å². The van der Waals surface area contributed by atoms with Gasteiger partial charge >= 0.3 is 0 Å². The molecule has 0 spiro atoms. The van der Waals surface area contributed by atoms with Gasteiger partial charge in [-0.05, 0) is 6.07 Å². The van der Waals surface area contributed by atoms with Crippen molar-refractivity contribution in [3.8, 4) is 0 Å². The van der Waals surface area contributed by atoms with Crippen molar-refractivity contribution in [1.82, 2.24) is 9.78 Å². The Labute approximate surface area is 72.4 Å². The third-order valence-corrected chi connectivity index (χ3v) is 1.79. The lowest BCUT2D eigenvalue weighted by atomic mass is 9.92. The first-order chi connectivity index (χ1) is 5.45. The molecule has 0 N–H and O–H groups in total. The molecule has 0 unspecified atom stereocenters. The van der Waals surface area contributed by atoms with E-state index in [1.807, 2.05) is 13.1 Å². The Morgan fingerprint density at radius 3 is 2.33 bits per heavy atom. The van der Waals surface area contributed by atoms with Crippen molar-refractivity contribution >= 4 is 6.29 Å². The van der Waals surface area contributed by atoms with Crippen LogP contribution in [0.5, 0.6) is 0 Å². The molecule has 3 heteroatoms. The zero-order valence-corrected chi connectivity index (χ0v) is 7.96. The van der Waals surface area contributed by atoms with Crippen LogP contribution in [0.3, 0.4) is 0 Å². The highest BCUT2D eigenvalue weighted by atomic mass is 16.1. The number of rotatable bonds is 1. The maximum absolute atomic E-state index is 10.4. The molecule has 1 rings (SSSR count). The third-order valence-electron chi connectivity index (χ3n) is 1.79. The van der Waals surface area contributed by atoms with E-state index in [-0.39, 0.29) is 5.41 Å². The average Bonchev–Trinajstić information content (AvgIpc) is 2.29. The van der Waals surface area contributed by atoms with Crippen LogP contribution in [-0.2, 0) is 12.5 Å². The number of hydrogen-bond acceptors (Lipinski definition) is 2. The summed E-state index contributed by atoms with van der Waals surface area (Å²) in [5.74, 6) is 0. The number of carbonyl (C=O) groups excluding carboxylic acids is 1. The van der Waals surface area contributed by atoms with E-state index in [4.69, 9.17) is 0 Å². The van der Waals surface area contributed by atoms with Crippen molar-refractivity contribution in [3.63, 3.8) is 0 Å². The standard InChI is InChI=1S/C9H14N2O/c1-9(2,3)8-5-7(6-12)10-11(8)4/h5-6H,1-4H3. The van der Waals surface area contributed by atoms with Gasteiger partial charge in [0, 0.05) is 18.2 Å². The molecule has 0 atom stereocenters. The van der Waals surface area contributed by atoms with Gasteiger partial charge < -0.3 is 0 Å². The highest BCUT2D eigenvalue weighted by molar-refractivity contribution is 5.71. The van der Waals surface area contributed by atoms with Crippen LogP contribution < -0.4 is 0 Å². The van der Waals surface area contributed by atoms with E-state index >= 15 is 0 Å². The fourth-order valence-corrected chi connectivity index (χ4v) is 1.25. The molecule has 1 aromatic rings. The Hall–Kier alpha value is -1.12. The molecule has 0 radical (unpaired) electrons. The largest absolute Gasteiger partial charge is 0.296 e. The predicted octanol–water partition coefficient (Wildman–Crippen LogP) is 1.53. The van der Waals surface area contributed by atoms with Crippen LogP contribution in [0.15, 0.2) is 6.07 Å². The number of carbonyl (C=O) groups is 1. The molecule has 0 amide bonds. The number of aromatic nitrogens is 2. The second kappa shape index (κ2) is 2.73. The minimum Gasteiger partial charge on any atom is -0.296 e. The quantitative estimate of drug-likeness (QED) is 0.593. The maximum atomic E-state index is 10.4. The molecular weight excluding hydrogens is 152 g/mol. The summed E-state index contributed by atoms with van der Waals surface area (Å²) in [7, 11) is 1.85. The number of aryl methyl sites for hydroxylation is 1. The van der Waals surface area contributed by atoms with Gasteiger partial charge in [-0.25, -0.2) is 0 Å². The topological polar surface area (TPSA) is 34.9 Å². The van der Waals surface area contributed by atoms with Crippen molar-refractivity contribution in [2.24, 2.45) is 7.05 Å². The summed E-state index contributed by atoms with van der Waals surface area (Å²) in [6, 6.07) is 1.83. The Morgan fingerprint density at radius 1 is 1.50 bits per heavy atom. The molecule has 1 heterocycles. The van der Waals surface area contributed by atoms with Crippen molar-refractivity contribution in [3.05, 3.63) is 17.5 Å². The molecule has 3 nitrogen and oxygen atoms in total. The Kier molecular flexibility index (Phi) is 2.04. The first-order valence-corrected chi connectivity index (χ1v) is 3.95. The monoisotopic (exact) mass is 166 g/mol. The number of aldehydes is 1. The van der Waals surface area contributed by atoms with Gasteiger partial charge in [0.15, 0.2) is 6.29 Å². The zero-order chi connectivity index (χ0) is 9.35. The van der Waals surface area contributed by atoms with Gasteiger partial charge in [-0.1, -0.05) is 20.8 Å². The highest BCUT2D eigenvalue weighted by Crippen LogP contribution is 2.21. The first-order valence-electron chi connectivity index (χ1n) is 3.95. The molecule has 0 saturated heterocycles. The fourth-order valence-electron chi connectivity index (χ4n) is 1.25. The molecule has 0 aliphatic carbocycles. The maximum Gasteiger partial charge on any atom is 0.170 e. The molecule has 66 valence electrons. The smallest absolute Gasteiger partial charge is 0.170 e. The normalized spacial score (nSPS) is 11.7. The van der Waals surface area contributed by atoms with Gasteiger partial charge in [-0.2, -0.15) is 5.10 Å². The van der Waals surface area contributed by atoms with Crippen LogP contribution in [0, 0.1) is 0 Å². The van der Waals surface area contributed by atoms with Crippen LogP contribution in [0.1, 0.15) is 37.0 Å². The van der Waals surface area contributed by atoms with E-state index in [1.165, 1.54) is 0 Å². The summed E-state index contributed by atoms with van der Waals surface area (Å²) in [5, 5.41) is 4.04. The summed E-state index contributed by atoms with van der Waals surface area (Å²) in [4.78, 5) is 10.4.